The van der Waals surface area contributed by atoms with E-state index in [0.29, 0.717) is 6.54 Å². The fraction of sp³-hybridized carbons (Fsp3) is 0.650. The van der Waals surface area contributed by atoms with E-state index in [0.717, 1.165) is 51.9 Å². The van der Waals surface area contributed by atoms with Crippen LogP contribution < -0.4 is 10.6 Å². The lowest BCUT2D eigenvalue weighted by molar-refractivity contribution is 0.0341. The van der Waals surface area contributed by atoms with Crippen LogP contribution in [0.25, 0.3) is 0 Å². The zero-order valence-corrected chi connectivity index (χ0v) is 17.1. The molecule has 0 bridgehead atoms. The van der Waals surface area contributed by atoms with E-state index in [-0.39, 0.29) is 0 Å². The predicted molar refractivity (Wildman–Crippen MR) is 113 cm³/mol. The monoisotopic (exact) mass is 378 g/mol. The fourth-order valence-electron chi connectivity index (χ4n) is 2.95. The highest BCUT2D eigenvalue weighted by molar-refractivity contribution is 7.98. The summed E-state index contributed by atoms with van der Waals surface area (Å²) in [6.45, 7) is 9.35. The number of rotatable bonds is 10. The molecule has 0 spiro atoms. The van der Waals surface area contributed by atoms with Gasteiger partial charge in [0.05, 0.1) is 19.8 Å². The molecule has 1 aliphatic heterocycles. The molecule has 1 heterocycles. The van der Waals surface area contributed by atoms with Crippen LogP contribution in [0.15, 0.2) is 29.3 Å². The quantitative estimate of drug-likeness (QED) is 0.372. The molecule has 0 saturated carbocycles. The van der Waals surface area contributed by atoms with Crippen LogP contribution >= 0.6 is 11.8 Å². The Morgan fingerprint density at radius 3 is 2.65 bits per heavy atom. The first-order valence-corrected chi connectivity index (χ1v) is 11.1. The molecule has 0 atom stereocenters. The van der Waals surface area contributed by atoms with Crippen LogP contribution in [-0.4, -0.2) is 62.3 Å². The van der Waals surface area contributed by atoms with Gasteiger partial charge in [0.1, 0.15) is 0 Å². The third-order valence-corrected chi connectivity index (χ3v) is 5.13. The van der Waals surface area contributed by atoms with E-state index >= 15 is 0 Å². The van der Waals surface area contributed by atoms with Crippen molar-refractivity contribution < 1.29 is 4.74 Å². The average Bonchev–Trinajstić information content (AvgIpc) is 2.67. The summed E-state index contributed by atoms with van der Waals surface area (Å²) in [5, 5.41) is 6.80. The molecule has 0 aliphatic carbocycles. The average molecular weight is 379 g/mol. The molecule has 1 saturated heterocycles. The van der Waals surface area contributed by atoms with Gasteiger partial charge in [-0.05, 0) is 42.9 Å². The maximum atomic E-state index is 5.45. The van der Waals surface area contributed by atoms with Crippen LogP contribution in [0.4, 0.5) is 0 Å². The summed E-state index contributed by atoms with van der Waals surface area (Å²) >= 11 is 1.91. The Hall–Kier alpha value is -1.24. The molecule has 146 valence electrons. The van der Waals surface area contributed by atoms with E-state index < -0.39 is 0 Å². The van der Waals surface area contributed by atoms with Crippen molar-refractivity contribution in [2.75, 3.05) is 51.4 Å². The minimum absolute atomic E-state index is 0.709. The third-order valence-electron chi connectivity index (χ3n) is 4.44. The van der Waals surface area contributed by atoms with E-state index in [1.54, 1.807) is 0 Å². The molecule has 1 aliphatic rings. The molecule has 1 aromatic carbocycles. The molecule has 0 amide bonds. The number of nitrogens with one attached hydrogen (secondary N) is 2. The summed E-state index contributed by atoms with van der Waals surface area (Å²) in [6, 6.07) is 8.65. The van der Waals surface area contributed by atoms with Gasteiger partial charge < -0.3 is 15.4 Å². The Bertz CT molecular complexity index is 532. The number of unbranched alkanes of at least 4 members (excludes halogenated alkanes) is 1. The van der Waals surface area contributed by atoms with Crippen LogP contribution in [0.3, 0.4) is 0 Å². The van der Waals surface area contributed by atoms with Crippen molar-refractivity contribution in [2.45, 2.75) is 32.9 Å². The predicted octanol–water partition coefficient (Wildman–Crippen LogP) is 2.72. The maximum Gasteiger partial charge on any atom is 0.191 e. The summed E-state index contributed by atoms with van der Waals surface area (Å²) in [5.74, 6) is 2.14. The fourth-order valence-corrected chi connectivity index (χ4v) is 3.44. The van der Waals surface area contributed by atoms with Gasteiger partial charge >= 0.3 is 0 Å². The van der Waals surface area contributed by atoms with Gasteiger partial charge in [-0.15, -0.1) is 0 Å². The first-order valence-electron chi connectivity index (χ1n) is 9.71. The number of hydrogen-bond acceptors (Lipinski definition) is 4. The third kappa shape index (κ3) is 7.98. The van der Waals surface area contributed by atoms with E-state index in [1.165, 1.54) is 29.7 Å². The van der Waals surface area contributed by atoms with Gasteiger partial charge in [0, 0.05) is 32.7 Å². The standard InChI is InChI=1S/C20H34N4OS/c1-3-21-20(22-10-6-7-15-26-2)23-16-18-8-4-5-9-19(18)17-24-11-13-25-14-12-24/h4-5,8-9H,3,6-7,10-17H2,1-2H3,(H2,21,22,23). The van der Waals surface area contributed by atoms with Crippen molar-refractivity contribution in [1.82, 2.24) is 15.5 Å². The summed E-state index contributed by atoms with van der Waals surface area (Å²) in [5.41, 5.74) is 2.67. The molecule has 2 rings (SSSR count). The number of benzene rings is 1. The molecule has 5 nitrogen and oxygen atoms in total. The van der Waals surface area contributed by atoms with Crippen molar-refractivity contribution in [3.05, 3.63) is 35.4 Å². The molecule has 0 unspecified atom stereocenters. The van der Waals surface area contributed by atoms with Crippen LogP contribution in [0.5, 0.6) is 0 Å². The highest BCUT2D eigenvalue weighted by atomic mass is 32.2. The Labute approximate surface area is 163 Å². The number of nitrogens with zero attached hydrogens (tertiary/aromatic N) is 2. The lowest BCUT2D eigenvalue weighted by atomic mass is 10.1. The summed E-state index contributed by atoms with van der Waals surface area (Å²) < 4.78 is 5.45. The van der Waals surface area contributed by atoms with Crippen molar-refractivity contribution in [3.8, 4) is 0 Å². The lowest BCUT2D eigenvalue weighted by Crippen LogP contribution is -2.38. The maximum absolute atomic E-state index is 5.45. The first-order chi connectivity index (χ1) is 12.8. The van der Waals surface area contributed by atoms with E-state index in [1.807, 2.05) is 11.8 Å². The second-order valence-electron chi connectivity index (χ2n) is 6.48. The minimum atomic E-state index is 0.709. The van der Waals surface area contributed by atoms with Gasteiger partial charge in [-0.25, -0.2) is 4.99 Å². The van der Waals surface area contributed by atoms with Crippen LogP contribution in [0.1, 0.15) is 30.9 Å². The van der Waals surface area contributed by atoms with Gasteiger partial charge in [-0.1, -0.05) is 24.3 Å². The lowest BCUT2D eigenvalue weighted by Gasteiger charge is -2.27. The molecule has 26 heavy (non-hydrogen) atoms. The van der Waals surface area contributed by atoms with E-state index in [4.69, 9.17) is 9.73 Å². The SMILES string of the molecule is CCNC(=NCc1ccccc1CN1CCOCC1)NCCCCSC. The number of thioether (sulfide) groups is 1. The second kappa shape index (κ2) is 13.0. The van der Waals surface area contributed by atoms with Gasteiger partial charge in [0.25, 0.3) is 0 Å². The topological polar surface area (TPSA) is 48.9 Å². The second-order valence-corrected chi connectivity index (χ2v) is 7.46. The van der Waals surface area contributed by atoms with Crippen molar-refractivity contribution in [1.29, 1.82) is 0 Å². The molecular weight excluding hydrogens is 344 g/mol. The molecule has 0 aromatic heterocycles. The van der Waals surface area contributed by atoms with Crippen molar-refractivity contribution in [2.24, 2.45) is 4.99 Å². The Morgan fingerprint density at radius 2 is 1.92 bits per heavy atom. The van der Waals surface area contributed by atoms with Crippen LogP contribution in [-0.2, 0) is 17.8 Å². The molecule has 1 aromatic rings. The molecule has 0 radical (unpaired) electrons. The van der Waals surface area contributed by atoms with Gasteiger partial charge in [0.15, 0.2) is 5.96 Å². The zero-order chi connectivity index (χ0) is 18.5. The Morgan fingerprint density at radius 1 is 1.15 bits per heavy atom. The number of guanidine groups is 1. The summed E-state index contributed by atoms with van der Waals surface area (Å²) in [4.78, 5) is 7.26. The number of hydrogen-bond donors (Lipinski definition) is 2. The highest BCUT2D eigenvalue weighted by Gasteiger charge is 2.12. The number of aliphatic imine (C=N–C) groups is 1. The number of ether oxygens (including phenoxy) is 1. The van der Waals surface area contributed by atoms with Crippen molar-refractivity contribution >= 4 is 17.7 Å². The van der Waals surface area contributed by atoms with E-state index in [9.17, 15) is 0 Å². The summed E-state index contributed by atoms with van der Waals surface area (Å²) in [6.07, 6.45) is 4.59. The van der Waals surface area contributed by atoms with Gasteiger partial charge in [-0.2, -0.15) is 11.8 Å². The Kier molecular flexibility index (Phi) is 10.5. The largest absolute Gasteiger partial charge is 0.379 e. The molecular formula is C20H34N4OS. The van der Waals surface area contributed by atoms with Gasteiger partial charge in [0.2, 0.25) is 0 Å². The first kappa shape index (κ1) is 21.1. The normalized spacial score (nSPS) is 15.8. The molecule has 2 N–H and O–H groups in total. The smallest absolute Gasteiger partial charge is 0.191 e. The van der Waals surface area contributed by atoms with Crippen LogP contribution in [0, 0.1) is 0 Å². The van der Waals surface area contributed by atoms with E-state index in [2.05, 4.69) is 53.0 Å². The highest BCUT2D eigenvalue weighted by Crippen LogP contribution is 2.14. The van der Waals surface area contributed by atoms with Gasteiger partial charge in [-0.3, -0.25) is 4.90 Å². The van der Waals surface area contributed by atoms with Crippen molar-refractivity contribution in [3.63, 3.8) is 0 Å². The number of morpholine rings is 1. The van der Waals surface area contributed by atoms with Crippen LogP contribution in [0.2, 0.25) is 0 Å². The minimum Gasteiger partial charge on any atom is -0.379 e. The molecule has 6 heteroatoms. The zero-order valence-electron chi connectivity index (χ0n) is 16.3. The Balaban J connectivity index is 1.90. The molecule has 1 fully saturated rings. The summed E-state index contributed by atoms with van der Waals surface area (Å²) in [7, 11) is 0.